The summed E-state index contributed by atoms with van der Waals surface area (Å²) in [5.74, 6) is 2.99. The Morgan fingerprint density at radius 3 is 2.17 bits per heavy atom. The SMILES string of the molecule is CN(C(=O)NCC12CC3CC(CC(C3)C1)C2)C1CCS(=O)(=O)C1. The normalized spacial score (nSPS) is 43.5. The summed E-state index contributed by atoms with van der Waals surface area (Å²) >= 11 is 0. The molecule has 1 atom stereocenters. The number of sulfone groups is 1. The second-order valence-corrected chi connectivity index (χ2v) is 11.0. The van der Waals surface area contributed by atoms with Gasteiger partial charge in [0.2, 0.25) is 0 Å². The minimum Gasteiger partial charge on any atom is -0.337 e. The van der Waals surface area contributed by atoms with Crippen molar-refractivity contribution in [2.75, 3.05) is 25.1 Å². The van der Waals surface area contributed by atoms with Crippen molar-refractivity contribution in [1.82, 2.24) is 10.2 Å². The monoisotopic (exact) mass is 340 g/mol. The van der Waals surface area contributed by atoms with Crippen LogP contribution >= 0.6 is 0 Å². The summed E-state index contributed by atoms with van der Waals surface area (Å²) < 4.78 is 23.2. The van der Waals surface area contributed by atoms with Crippen LogP contribution in [0.1, 0.15) is 44.9 Å². The van der Waals surface area contributed by atoms with Gasteiger partial charge in [0.05, 0.1) is 11.5 Å². The van der Waals surface area contributed by atoms with Crippen molar-refractivity contribution in [1.29, 1.82) is 0 Å². The number of nitrogens with zero attached hydrogens (tertiary/aromatic N) is 1. The molecule has 1 N–H and O–H groups in total. The first-order valence-corrected chi connectivity index (χ1v) is 10.9. The van der Waals surface area contributed by atoms with E-state index < -0.39 is 9.84 Å². The number of urea groups is 1. The Morgan fingerprint density at radius 2 is 1.70 bits per heavy atom. The summed E-state index contributed by atoms with van der Waals surface area (Å²) in [6, 6.07) is -0.251. The standard InChI is InChI=1S/C17H28N2O3S/c1-19(15-2-3-23(21,22)10-15)16(20)18-11-17-7-12-4-13(8-17)6-14(5-12)9-17/h12-15H,2-11H2,1H3,(H,18,20). The zero-order valence-electron chi connectivity index (χ0n) is 14.0. The number of carbonyl (C=O) groups is 1. The minimum atomic E-state index is -2.95. The van der Waals surface area contributed by atoms with Crippen LogP contribution in [0.3, 0.4) is 0 Å². The second-order valence-electron chi connectivity index (χ2n) is 8.74. The molecule has 130 valence electrons. The zero-order chi connectivity index (χ0) is 16.2. The van der Waals surface area contributed by atoms with Crippen molar-refractivity contribution in [3.05, 3.63) is 0 Å². The average molecular weight is 340 g/mol. The first kappa shape index (κ1) is 15.7. The van der Waals surface area contributed by atoms with Crippen LogP contribution < -0.4 is 5.32 Å². The van der Waals surface area contributed by atoms with Gasteiger partial charge in [-0.25, -0.2) is 13.2 Å². The van der Waals surface area contributed by atoms with E-state index in [0.29, 0.717) is 11.8 Å². The Kier molecular flexibility index (Phi) is 3.67. The van der Waals surface area contributed by atoms with Gasteiger partial charge in [0.25, 0.3) is 0 Å². The van der Waals surface area contributed by atoms with Crippen LogP contribution in [0.4, 0.5) is 4.79 Å². The first-order chi connectivity index (χ1) is 10.8. The number of amides is 2. The number of hydrogen-bond donors (Lipinski definition) is 1. The van der Waals surface area contributed by atoms with Crippen LogP contribution in [0.25, 0.3) is 0 Å². The van der Waals surface area contributed by atoms with Crippen molar-refractivity contribution in [3.8, 4) is 0 Å². The Bertz CT molecular complexity index is 566. The van der Waals surface area contributed by atoms with Crippen LogP contribution in [0.15, 0.2) is 0 Å². The van der Waals surface area contributed by atoms with Gasteiger partial charge in [0, 0.05) is 19.6 Å². The maximum Gasteiger partial charge on any atom is 0.317 e. The largest absolute Gasteiger partial charge is 0.337 e. The minimum absolute atomic E-state index is 0.0946. The Balaban J connectivity index is 1.35. The molecular weight excluding hydrogens is 312 g/mol. The van der Waals surface area contributed by atoms with E-state index in [1.54, 1.807) is 11.9 Å². The molecule has 0 radical (unpaired) electrons. The third-order valence-electron chi connectivity index (χ3n) is 6.86. The molecule has 0 aromatic heterocycles. The Hall–Kier alpha value is -0.780. The molecule has 2 amide bonds. The molecule has 0 spiro atoms. The van der Waals surface area contributed by atoms with Gasteiger partial charge < -0.3 is 10.2 Å². The molecule has 23 heavy (non-hydrogen) atoms. The lowest BCUT2D eigenvalue weighted by molar-refractivity contribution is -0.0502. The molecular formula is C17H28N2O3S. The molecule has 4 aliphatic carbocycles. The molecule has 0 aromatic rings. The first-order valence-electron chi connectivity index (χ1n) is 9.05. The lowest BCUT2D eigenvalue weighted by atomic mass is 9.49. The van der Waals surface area contributed by atoms with E-state index in [-0.39, 0.29) is 23.6 Å². The highest BCUT2D eigenvalue weighted by molar-refractivity contribution is 7.91. The van der Waals surface area contributed by atoms with Gasteiger partial charge in [-0.05, 0) is 68.1 Å². The highest BCUT2D eigenvalue weighted by Crippen LogP contribution is 2.59. The third kappa shape index (κ3) is 2.99. The average Bonchev–Trinajstić information content (AvgIpc) is 2.83. The molecule has 4 bridgehead atoms. The topological polar surface area (TPSA) is 66.5 Å². The predicted molar refractivity (Wildman–Crippen MR) is 88.8 cm³/mol. The fraction of sp³-hybridized carbons (Fsp3) is 0.941. The van der Waals surface area contributed by atoms with Gasteiger partial charge in [-0.3, -0.25) is 0 Å². The summed E-state index contributed by atoms with van der Waals surface area (Å²) in [5.41, 5.74) is 0.326. The van der Waals surface area contributed by atoms with Gasteiger partial charge in [-0.2, -0.15) is 0 Å². The van der Waals surface area contributed by atoms with Crippen molar-refractivity contribution < 1.29 is 13.2 Å². The van der Waals surface area contributed by atoms with E-state index in [2.05, 4.69) is 5.32 Å². The maximum absolute atomic E-state index is 12.5. The van der Waals surface area contributed by atoms with Crippen molar-refractivity contribution in [2.45, 2.75) is 51.0 Å². The molecule has 5 aliphatic rings. The smallest absolute Gasteiger partial charge is 0.317 e. The van der Waals surface area contributed by atoms with Crippen molar-refractivity contribution >= 4 is 15.9 Å². The van der Waals surface area contributed by atoms with E-state index in [1.165, 1.54) is 38.5 Å². The fourth-order valence-electron chi connectivity index (χ4n) is 6.14. The van der Waals surface area contributed by atoms with E-state index in [4.69, 9.17) is 0 Å². The summed E-state index contributed by atoms with van der Waals surface area (Å²) in [5, 5.41) is 3.14. The maximum atomic E-state index is 12.5. The lowest BCUT2D eigenvalue weighted by Crippen LogP contribution is -2.53. The number of rotatable bonds is 3. The molecule has 5 nitrogen and oxygen atoms in total. The van der Waals surface area contributed by atoms with Gasteiger partial charge in [-0.1, -0.05) is 0 Å². The highest BCUT2D eigenvalue weighted by atomic mass is 32.2. The van der Waals surface area contributed by atoms with Gasteiger partial charge >= 0.3 is 6.03 Å². The molecule has 0 aromatic carbocycles. The van der Waals surface area contributed by atoms with Gasteiger partial charge in [0.15, 0.2) is 9.84 Å². The van der Waals surface area contributed by atoms with Gasteiger partial charge in [-0.15, -0.1) is 0 Å². The molecule has 1 aliphatic heterocycles. The van der Waals surface area contributed by atoms with Gasteiger partial charge in [0.1, 0.15) is 0 Å². The Labute approximate surface area is 139 Å². The van der Waals surface area contributed by atoms with E-state index >= 15 is 0 Å². The van der Waals surface area contributed by atoms with Crippen LogP contribution in [0, 0.1) is 23.2 Å². The van der Waals surface area contributed by atoms with Crippen LogP contribution in [-0.4, -0.2) is 50.5 Å². The molecule has 4 saturated carbocycles. The van der Waals surface area contributed by atoms with Crippen molar-refractivity contribution in [2.24, 2.45) is 23.2 Å². The second kappa shape index (κ2) is 5.36. The molecule has 6 heteroatoms. The number of hydrogen-bond acceptors (Lipinski definition) is 3. The summed E-state index contributed by atoms with van der Waals surface area (Å²) in [7, 11) is -1.21. The molecule has 5 rings (SSSR count). The summed E-state index contributed by atoms with van der Waals surface area (Å²) in [4.78, 5) is 14.1. The molecule has 1 heterocycles. The zero-order valence-corrected chi connectivity index (χ0v) is 14.8. The third-order valence-corrected chi connectivity index (χ3v) is 8.61. The summed E-state index contributed by atoms with van der Waals surface area (Å²) in [6.45, 7) is 0.777. The van der Waals surface area contributed by atoms with E-state index in [9.17, 15) is 13.2 Å². The predicted octanol–water partition coefficient (Wildman–Crippen LogP) is 2.03. The molecule has 5 fully saturated rings. The number of nitrogens with one attached hydrogen (secondary N) is 1. The van der Waals surface area contributed by atoms with Crippen LogP contribution in [0.2, 0.25) is 0 Å². The quantitative estimate of drug-likeness (QED) is 0.855. The van der Waals surface area contributed by atoms with Crippen LogP contribution in [0.5, 0.6) is 0 Å². The van der Waals surface area contributed by atoms with Crippen molar-refractivity contribution in [3.63, 3.8) is 0 Å². The summed E-state index contributed by atoms with van der Waals surface area (Å²) in [6.07, 6.45) is 8.64. The highest BCUT2D eigenvalue weighted by Gasteiger charge is 2.50. The van der Waals surface area contributed by atoms with E-state index in [0.717, 1.165) is 24.3 Å². The van der Waals surface area contributed by atoms with E-state index in [1.807, 2.05) is 0 Å². The Morgan fingerprint density at radius 1 is 1.13 bits per heavy atom. The molecule has 1 saturated heterocycles. The lowest BCUT2D eigenvalue weighted by Gasteiger charge is -2.57. The fourth-order valence-corrected chi connectivity index (χ4v) is 7.92. The van der Waals surface area contributed by atoms with Crippen LogP contribution in [-0.2, 0) is 9.84 Å². The number of carbonyl (C=O) groups excluding carboxylic acids is 1. The molecule has 1 unspecified atom stereocenters.